The SMILES string of the molecule is CC1NCCN(C(=O)C(=O)O)C1C. The van der Waals surface area contributed by atoms with Gasteiger partial charge in [-0.25, -0.2) is 4.79 Å². The number of rotatable bonds is 0. The number of carbonyl (C=O) groups is 2. The Morgan fingerprint density at radius 2 is 2.08 bits per heavy atom. The summed E-state index contributed by atoms with van der Waals surface area (Å²) in [6.07, 6.45) is 0. The molecule has 1 saturated heterocycles. The summed E-state index contributed by atoms with van der Waals surface area (Å²) in [7, 11) is 0. The maximum Gasteiger partial charge on any atom is 0.394 e. The molecule has 0 aromatic carbocycles. The number of nitrogens with zero attached hydrogens (tertiary/aromatic N) is 1. The molecule has 0 radical (unpaired) electrons. The minimum absolute atomic E-state index is 0.0580. The van der Waals surface area contributed by atoms with Crippen molar-refractivity contribution in [2.24, 2.45) is 0 Å². The van der Waals surface area contributed by atoms with Crippen molar-refractivity contribution < 1.29 is 14.7 Å². The molecule has 2 atom stereocenters. The summed E-state index contributed by atoms with van der Waals surface area (Å²) >= 11 is 0. The van der Waals surface area contributed by atoms with Gasteiger partial charge in [-0.1, -0.05) is 0 Å². The quantitative estimate of drug-likeness (QED) is 0.490. The molecule has 0 spiro atoms. The molecule has 1 aliphatic heterocycles. The molecule has 5 heteroatoms. The average Bonchev–Trinajstić information content (AvgIpc) is 2.08. The number of aliphatic carboxylic acids is 1. The van der Waals surface area contributed by atoms with E-state index in [2.05, 4.69) is 5.32 Å². The Labute approximate surface area is 76.7 Å². The van der Waals surface area contributed by atoms with E-state index in [4.69, 9.17) is 5.11 Å². The topological polar surface area (TPSA) is 69.6 Å². The second-order valence-electron chi connectivity index (χ2n) is 3.29. The summed E-state index contributed by atoms with van der Waals surface area (Å²) in [6, 6.07) is 0.0920. The highest BCUT2D eigenvalue weighted by atomic mass is 16.4. The van der Waals surface area contributed by atoms with Gasteiger partial charge in [-0.05, 0) is 13.8 Å². The van der Waals surface area contributed by atoms with Gasteiger partial charge in [0.25, 0.3) is 0 Å². The highest BCUT2D eigenvalue weighted by molar-refractivity contribution is 6.31. The van der Waals surface area contributed by atoms with Gasteiger partial charge in [-0.15, -0.1) is 0 Å². The Balaban J connectivity index is 2.68. The monoisotopic (exact) mass is 186 g/mol. The van der Waals surface area contributed by atoms with E-state index in [1.54, 1.807) is 0 Å². The van der Waals surface area contributed by atoms with Gasteiger partial charge in [0.1, 0.15) is 0 Å². The molecule has 13 heavy (non-hydrogen) atoms. The lowest BCUT2D eigenvalue weighted by Gasteiger charge is -2.37. The fourth-order valence-corrected chi connectivity index (χ4v) is 1.47. The highest BCUT2D eigenvalue weighted by Crippen LogP contribution is 2.08. The van der Waals surface area contributed by atoms with Crippen LogP contribution >= 0.6 is 0 Å². The van der Waals surface area contributed by atoms with Crippen molar-refractivity contribution in [3.8, 4) is 0 Å². The van der Waals surface area contributed by atoms with E-state index >= 15 is 0 Å². The summed E-state index contributed by atoms with van der Waals surface area (Å²) in [4.78, 5) is 23.0. The van der Waals surface area contributed by atoms with Gasteiger partial charge >= 0.3 is 11.9 Å². The van der Waals surface area contributed by atoms with Crippen molar-refractivity contribution in [3.05, 3.63) is 0 Å². The average molecular weight is 186 g/mol. The number of nitrogens with one attached hydrogen (secondary N) is 1. The minimum atomic E-state index is -1.37. The van der Waals surface area contributed by atoms with Gasteiger partial charge in [0, 0.05) is 25.2 Å². The molecule has 1 rings (SSSR count). The number of amides is 1. The zero-order valence-corrected chi connectivity index (χ0v) is 7.78. The van der Waals surface area contributed by atoms with Crippen LogP contribution in [-0.2, 0) is 9.59 Å². The molecule has 0 saturated carbocycles. The van der Waals surface area contributed by atoms with Gasteiger partial charge in [-0.3, -0.25) is 4.79 Å². The van der Waals surface area contributed by atoms with Crippen molar-refractivity contribution in [1.82, 2.24) is 10.2 Å². The zero-order chi connectivity index (χ0) is 10.0. The molecule has 5 nitrogen and oxygen atoms in total. The standard InChI is InChI=1S/C8H14N2O3/c1-5-6(2)10(4-3-9-5)7(11)8(12)13/h5-6,9H,3-4H2,1-2H3,(H,12,13). The third-order valence-electron chi connectivity index (χ3n) is 2.48. The fourth-order valence-electron chi connectivity index (χ4n) is 1.47. The van der Waals surface area contributed by atoms with Crippen LogP contribution in [0.2, 0.25) is 0 Å². The molecule has 0 bridgehead atoms. The predicted octanol–water partition coefficient (Wildman–Crippen LogP) is -0.720. The van der Waals surface area contributed by atoms with Crippen molar-refractivity contribution >= 4 is 11.9 Å². The van der Waals surface area contributed by atoms with Crippen LogP contribution in [0.3, 0.4) is 0 Å². The van der Waals surface area contributed by atoms with Crippen LogP contribution < -0.4 is 5.32 Å². The van der Waals surface area contributed by atoms with Crippen LogP contribution in [0.4, 0.5) is 0 Å². The molecule has 2 N–H and O–H groups in total. The van der Waals surface area contributed by atoms with Crippen LogP contribution in [-0.4, -0.2) is 47.1 Å². The molecule has 2 unspecified atom stereocenters. The van der Waals surface area contributed by atoms with E-state index in [0.29, 0.717) is 13.1 Å². The van der Waals surface area contributed by atoms with Gasteiger partial charge in [-0.2, -0.15) is 0 Å². The Hall–Kier alpha value is -1.10. The summed E-state index contributed by atoms with van der Waals surface area (Å²) in [5.74, 6) is -2.18. The third-order valence-corrected chi connectivity index (χ3v) is 2.48. The Morgan fingerprint density at radius 3 is 2.62 bits per heavy atom. The van der Waals surface area contributed by atoms with Crippen LogP contribution in [0.5, 0.6) is 0 Å². The number of carbonyl (C=O) groups excluding carboxylic acids is 1. The molecular weight excluding hydrogens is 172 g/mol. The lowest BCUT2D eigenvalue weighted by Crippen LogP contribution is -2.58. The summed E-state index contributed by atoms with van der Waals surface area (Å²) in [6.45, 7) is 4.91. The molecule has 1 aliphatic rings. The first kappa shape index (κ1) is 9.98. The summed E-state index contributed by atoms with van der Waals surface area (Å²) in [5, 5.41) is 11.7. The van der Waals surface area contributed by atoms with E-state index in [-0.39, 0.29) is 12.1 Å². The predicted molar refractivity (Wildman–Crippen MR) is 46.3 cm³/mol. The van der Waals surface area contributed by atoms with E-state index < -0.39 is 11.9 Å². The minimum Gasteiger partial charge on any atom is -0.474 e. The zero-order valence-electron chi connectivity index (χ0n) is 7.78. The van der Waals surface area contributed by atoms with Crippen LogP contribution in [0.1, 0.15) is 13.8 Å². The van der Waals surface area contributed by atoms with Crippen LogP contribution in [0, 0.1) is 0 Å². The lowest BCUT2D eigenvalue weighted by molar-refractivity contribution is -0.157. The first-order valence-electron chi connectivity index (χ1n) is 4.31. The van der Waals surface area contributed by atoms with Gasteiger partial charge < -0.3 is 15.3 Å². The van der Waals surface area contributed by atoms with E-state index in [9.17, 15) is 9.59 Å². The smallest absolute Gasteiger partial charge is 0.394 e. The number of hydrogen-bond acceptors (Lipinski definition) is 3. The number of hydrogen-bond donors (Lipinski definition) is 2. The molecule has 74 valence electrons. The second kappa shape index (κ2) is 3.74. The molecular formula is C8H14N2O3. The van der Waals surface area contributed by atoms with E-state index in [0.717, 1.165) is 0 Å². The Bertz CT molecular complexity index is 229. The summed E-state index contributed by atoms with van der Waals surface area (Å²) < 4.78 is 0. The van der Waals surface area contributed by atoms with Crippen molar-refractivity contribution in [3.63, 3.8) is 0 Å². The van der Waals surface area contributed by atoms with Crippen molar-refractivity contribution in [1.29, 1.82) is 0 Å². The number of carboxylic acids is 1. The maximum absolute atomic E-state index is 11.2. The van der Waals surface area contributed by atoms with Crippen LogP contribution in [0.15, 0.2) is 0 Å². The first-order chi connectivity index (χ1) is 6.04. The maximum atomic E-state index is 11.2. The van der Waals surface area contributed by atoms with E-state index in [1.165, 1.54) is 4.90 Å². The van der Waals surface area contributed by atoms with Crippen molar-refractivity contribution in [2.75, 3.05) is 13.1 Å². The molecule has 1 amide bonds. The highest BCUT2D eigenvalue weighted by Gasteiger charge is 2.31. The largest absolute Gasteiger partial charge is 0.474 e. The third kappa shape index (κ3) is 1.98. The molecule has 0 aromatic rings. The molecule has 1 fully saturated rings. The second-order valence-corrected chi connectivity index (χ2v) is 3.29. The molecule has 0 aliphatic carbocycles. The molecule has 0 aromatic heterocycles. The lowest BCUT2D eigenvalue weighted by atomic mass is 10.1. The Morgan fingerprint density at radius 1 is 1.46 bits per heavy atom. The number of carboxylic acid groups (broad SMARTS) is 1. The number of piperazine rings is 1. The normalized spacial score (nSPS) is 28.6. The Kier molecular flexibility index (Phi) is 2.87. The summed E-state index contributed by atoms with van der Waals surface area (Å²) in [5.41, 5.74) is 0. The van der Waals surface area contributed by atoms with Gasteiger partial charge in [0.2, 0.25) is 0 Å². The fraction of sp³-hybridized carbons (Fsp3) is 0.750. The molecule has 1 heterocycles. The van der Waals surface area contributed by atoms with Gasteiger partial charge in [0.05, 0.1) is 0 Å². The van der Waals surface area contributed by atoms with Gasteiger partial charge in [0.15, 0.2) is 0 Å². The van der Waals surface area contributed by atoms with E-state index in [1.807, 2.05) is 13.8 Å². The van der Waals surface area contributed by atoms with Crippen LogP contribution in [0.25, 0.3) is 0 Å². The first-order valence-corrected chi connectivity index (χ1v) is 4.31. The van der Waals surface area contributed by atoms with Crippen molar-refractivity contribution in [2.45, 2.75) is 25.9 Å².